The van der Waals surface area contributed by atoms with Crippen molar-refractivity contribution in [2.75, 3.05) is 0 Å². The van der Waals surface area contributed by atoms with Gasteiger partial charge >= 0.3 is 12.1 Å². The summed E-state index contributed by atoms with van der Waals surface area (Å²) < 4.78 is 47.3. The summed E-state index contributed by atoms with van der Waals surface area (Å²) in [7, 11) is 0. The van der Waals surface area contributed by atoms with E-state index in [1.54, 1.807) is 16.7 Å². The van der Waals surface area contributed by atoms with Gasteiger partial charge < -0.3 is 4.74 Å². The quantitative estimate of drug-likeness (QED) is 0.249. The summed E-state index contributed by atoms with van der Waals surface area (Å²) in [6.07, 6.45) is -2.21. The summed E-state index contributed by atoms with van der Waals surface area (Å²) in [6, 6.07) is 24.2. The topological polar surface area (TPSA) is 56.5 Å². The van der Waals surface area contributed by atoms with Gasteiger partial charge in [-0.1, -0.05) is 78.9 Å². The maximum atomic E-state index is 13.3. The molecule has 3 aromatic carbocycles. The molecule has 0 fully saturated rings. The highest BCUT2D eigenvalue weighted by Crippen LogP contribution is 2.32. The van der Waals surface area contributed by atoms with Crippen molar-refractivity contribution < 1.29 is 22.7 Å². The van der Waals surface area contributed by atoms with Crippen molar-refractivity contribution >= 4 is 11.6 Å². The average molecular weight is 502 g/mol. The van der Waals surface area contributed by atoms with Gasteiger partial charge in [0.25, 0.3) is 0 Å². The Bertz CT molecular complexity index is 1560. The number of carbonyl (C=O) groups is 1. The lowest BCUT2D eigenvalue weighted by atomic mass is 10.1. The van der Waals surface area contributed by atoms with E-state index in [-0.39, 0.29) is 12.3 Å². The summed E-state index contributed by atoms with van der Waals surface area (Å²) in [6.45, 7) is 1.31. The minimum absolute atomic E-state index is 0.107. The number of ether oxygens (including phenoxy) is 1. The van der Waals surface area contributed by atoms with Crippen LogP contribution in [-0.4, -0.2) is 20.3 Å². The van der Waals surface area contributed by atoms with Crippen LogP contribution in [-0.2, 0) is 23.8 Å². The SMILES string of the molecule is CC(=O)Oc1c(Cc2ccccc2)nc2c(Cc3cccc(C(F)(F)F)c3)nc(-c3ccccc3)cn12. The molecule has 0 saturated heterocycles. The second-order valence-electron chi connectivity index (χ2n) is 8.63. The summed E-state index contributed by atoms with van der Waals surface area (Å²) in [5, 5.41) is 0. The normalized spacial score (nSPS) is 11.6. The molecular weight excluding hydrogens is 479 g/mol. The van der Waals surface area contributed by atoms with Crippen LogP contribution in [0.1, 0.15) is 35.0 Å². The molecule has 0 aliphatic heterocycles. The number of carbonyl (C=O) groups excluding carboxylic acids is 1. The van der Waals surface area contributed by atoms with E-state index >= 15 is 0 Å². The predicted molar refractivity (Wildman–Crippen MR) is 133 cm³/mol. The van der Waals surface area contributed by atoms with E-state index < -0.39 is 17.7 Å². The molecule has 0 radical (unpaired) electrons. The molecule has 2 aromatic heterocycles. The Morgan fingerprint density at radius 3 is 2.16 bits per heavy atom. The number of benzene rings is 3. The van der Waals surface area contributed by atoms with Crippen LogP contribution in [0, 0.1) is 0 Å². The van der Waals surface area contributed by atoms with Crippen molar-refractivity contribution in [3.05, 3.63) is 119 Å². The third kappa shape index (κ3) is 5.38. The molecule has 0 unspecified atom stereocenters. The molecule has 5 aromatic rings. The van der Waals surface area contributed by atoms with E-state index in [0.29, 0.717) is 34.7 Å². The Balaban J connectivity index is 1.69. The molecule has 37 heavy (non-hydrogen) atoms. The van der Waals surface area contributed by atoms with Crippen LogP contribution >= 0.6 is 0 Å². The Morgan fingerprint density at radius 2 is 1.49 bits per heavy atom. The second kappa shape index (κ2) is 9.89. The highest BCUT2D eigenvalue weighted by Gasteiger charge is 2.30. The Labute approximate surface area is 211 Å². The second-order valence-corrected chi connectivity index (χ2v) is 8.63. The molecule has 186 valence electrons. The van der Waals surface area contributed by atoms with Crippen molar-refractivity contribution in [2.24, 2.45) is 0 Å². The lowest BCUT2D eigenvalue weighted by Crippen LogP contribution is -2.08. The van der Waals surface area contributed by atoms with Gasteiger partial charge in [0.2, 0.25) is 5.88 Å². The van der Waals surface area contributed by atoms with E-state index in [2.05, 4.69) is 0 Å². The highest BCUT2D eigenvalue weighted by molar-refractivity contribution is 5.71. The molecule has 8 heteroatoms. The van der Waals surface area contributed by atoms with Crippen molar-refractivity contribution in [1.82, 2.24) is 14.4 Å². The Kier molecular flexibility index (Phi) is 6.48. The molecule has 0 amide bonds. The standard InChI is InChI=1S/C29H22F3N3O2/c1-19(36)37-28-25(16-20-9-4-2-5-10-20)34-27-24(17-21-11-8-14-23(15-21)29(30,31)32)33-26(18-35(27)28)22-12-6-3-7-13-22/h2-15,18H,16-17H2,1H3. The maximum absolute atomic E-state index is 13.3. The van der Waals surface area contributed by atoms with Crippen LogP contribution in [0.5, 0.6) is 5.88 Å². The zero-order valence-corrected chi connectivity index (χ0v) is 19.9. The minimum atomic E-state index is -4.46. The first kappa shape index (κ1) is 24.2. The van der Waals surface area contributed by atoms with E-state index in [4.69, 9.17) is 14.7 Å². The number of rotatable bonds is 6. The molecule has 0 atom stereocenters. The lowest BCUT2D eigenvalue weighted by molar-refractivity contribution is -0.137. The van der Waals surface area contributed by atoms with Gasteiger partial charge in [0, 0.05) is 31.5 Å². The number of alkyl halides is 3. The zero-order valence-electron chi connectivity index (χ0n) is 19.9. The number of aromatic nitrogens is 3. The van der Waals surface area contributed by atoms with Gasteiger partial charge in [-0.2, -0.15) is 13.2 Å². The molecule has 0 bridgehead atoms. The third-order valence-corrected chi connectivity index (χ3v) is 5.85. The van der Waals surface area contributed by atoms with Crippen LogP contribution in [0.2, 0.25) is 0 Å². The molecule has 0 N–H and O–H groups in total. The fourth-order valence-electron chi connectivity index (χ4n) is 4.20. The predicted octanol–water partition coefficient (Wildman–Crippen LogP) is 6.52. The van der Waals surface area contributed by atoms with Crippen LogP contribution in [0.15, 0.2) is 91.1 Å². The first-order valence-electron chi connectivity index (χ1n) is 11.6. The fourth-order valence-corrected chi connectivity index (χ4v) is 4.20. The summed E-state index contributed by atoms with van der Waals surface area (Å²) >= 11 is 0. The van der Waals surface area contributed by atoms with E-state index in [1.165, 1.54) is 13.0 Å². The Hall–Kier alpha value is -4.46. The summed E-state index contributed by atoms with van der Waals surface area (Å²) in [5.74, 6) is -0.246. The zero-order chi connectivity index (χ0) is 26.0. The van der Waals surface area contributed by atoms with Crippen LogP contribution in [0.25, 0.3) is 16.9 Å². The first-order chi connectivity index (χ1) is 17.8. The lowest BCUT2D eigenvalue weighted by Gasteiger charge is -2.11. The fraction of sp³-hybridized carbons (Fsp3) is 0.138. The van der Waals surface area contributed by atoms with Gasteiger partial charge in [0.1, 0.15) is 5.69 Å². The number of imidazole rings is 1. The molecule has 5 rings (SSSR count). The van der Waals surface area contributed by atoms with Crippen LogP contribution < -0.4 is 4.74 Å². The minimum Gasteiger partial charge on any atom is -0.407 e. The van der Waals surface area contributed by atoms with Gasteiger partial charge in [-0.15, -0.1) is 0 Å². The number of esters is 1. The molecule has 0 saturated carbocycles. The van der Waals surface area contributed by atoms with Gasteiger partial charge in [-0.3, -0.25) is 9.20 Å². The highest BCUT2D eigenvalue weighted by atomic mass is 19.4. The van der Waals surface area contributed by atoms with Gasteiger partial charge in [-0.25, -0.2) is 9.97 Å². The number of nitrogens with zero attached hydrogens (tertiary/aromatic N) is 3. The van der Waals surface area contributed by atoms with Crippen molar-refractivity contribution in [3.63, 3.8) is 0 Å². The summed E-state index contributed by atoms with van der Waals surface area (Å²) in [5.41, 5.74) is 3.47. The third-order valence-electron chi connectivity index (χ3n) is 5.85. The average Bonchev–Trinajstić information content (AvgIpc) is 3.21. The van der Waals surface area contributed by atoms with Gasteiger partial charge in [0.05, 0.1) is 17.0 Å². The molecule has 2 heterocycles. The van der Waals surface area contributed by atoms with E-state index in [0.717, 1.165) is 23.3 Å². The van der Waals surface area contributed by atoms with Crippen molar-refractivity contribution in [3.8, 4) is 17.1 Å². The number of hydrogen-bond donors (Lipinski definition) is 0. The molecule has 5 nitrogen and oxygen atoms in total. The molecule has 0 aliphatic rings. The van der Waals surface area contributed by atoms with Gasteiger partial charge in [-0.05, 0) is 17.2 Å². The van der Waals surface area contributed by atoms with Crippen molar-refractivity contribution in [1.29, 1.82) is 0 Å². The van der Waals surface area contributed by atoms with E-state index in [9.17, 15) is 18.0 Å². The van der Waals surface area contributed by atoms with Crippen LogP contribution in [0.3, 0.4) is 0 Å². The smallest absolute Gasteiger partial charge is 0.407 e. The molecule has 0 aliphatic carbocycles. The number of fused-ring (bicyclic) bond motifs is 1. The monoisotopic (exact) mass is 501 g/mol. The number of halogens is 3. The van der Waals surface area contributed by atoms with E-state index in [1.807, 2.05) is 60.7 Å². The molecule has 0 spiro atoms. The largest absolute Gasteiger partial charge is 0.416 e. The van der Waals surface area contributed by atoms with Crippen LogP contribution in [0.4, 0.5) is 13.2 Å². The Morgan fingerprint density at radius 1 is 0.838 bits per heavy atom. The number of hydrogen-bond acceptors (Lipinski definition) is 4. The van der Waals surface area contributed by atoms with Crippen molar-refractivity contribution in [2.45, 2.75) is 25.9 Å². The summed E-state index contributed by atoms with van der Waals surface area (Å²) in [4.78, 5) is 21.6. The first-order valence-corrected chi connectivity index (χ1v) is 11.6. The van der Waals surface area contributed by atoms with Gasteiger partial charge in [0.15, 0.2) is 5.65 Å². The molecular formula is C29H22F3N3O2. The maximum Gasteiger partial charge on any atom is 0.416 e.